The first-order valence-electron chi connectivity index (χ1n) is 6.86. The van der Waals surface area contributed by atoms with Crippen molar-refractivity contribution in [2.24, 2.45) is 0 Å². The lowest BCUT2D eigenvalue weighted by molar-refractivity contribution is 0.0998. The molecule has 0 unspecified atom stereocenters. The van der Waals surface area contributed by atoms with Crippen LogP contribution in [0.1, 0.15) is 16.1 Å². The topological polar surface area (TPSA) is 55.1 Å². The molecule has 0 fully saturated rings. The van der Waals surface area contributed by atoms with Crippen molar-refractivity contribution in [2.45, 2.75) is 6.92 Å². The summed E-state index contributed by atoms with van der Waals surface area (Å²) >= 11 is 1.46. The first-order valence-corrected chi connectivity index (χ1v) is 7.68. The molecule has 0 saturated heterocycles. The third-order valence-electron chi connectivity index (χ3n) is 3.41. The molecule has 2 aromatic carbocycles. The fraction of sp³-hybridized carbons (Fsp3) is 0.0588. The third-order valence-corrected chi connectivity index (χ3v) is 4.35. The Morgan fingerprint density at radius 3 is 2.91 bits per heavy atom. The minimum Gasteiger partial charge on any atom is -0.451 e. The Labute approximate surface area is 130 Å². The maximum Gasteiger partial charge on any atom is 0.293 e. The Balaban J connectivity index is 1.64. The van der Waals surface area contributed by atoms with E-state index >= 15 is 0 Å². The van der Waals surface area contributed by atoms with Crippen molar-refractivity contribution in [1.29, 1.82) is 0 Å². The number of rotatable bonds is 2. The van der Waals surface area contributed by atoms with E-state index in [0.717, 1.165) is 15.6 Å². The van der Waals surface area contributed by atoms with E-state index in [-0.39, 0.29) is 11.7 Å². The van der Waals surface area contributed by atoms with Gasteiger partial charge in [0, 0.05) is 5.39 Å². The average molecular weight is 308 g/mol. The van der Waals surface area contributed by atoms with Gasteiger partial charge in [0.25, 0.3) is 5.91 Å². The molecular formula is C17H12N2O2S. The first-order chi connectivity index (χ1) is 10.7. The van der Waals surface area contributed by atoms with E-state index in [2.05, 4.69) is 16.4 Å². The second-order valence-corrected chi connectivity index (χ2v) is 6.12. The summed E-state index contributed by atoms with van der Waals surface area (Å²) < 4.78 is 6.62. The number of nitrogens with one attached hydrogen (secondary N) is 1. The lowest BCUT2D eigenvalue weighted by Crippen LogP contribution is -2.10. The van der Waals surface area contributed by atoms with Crippen LogP contribution in [0.4, 0.5) is 5.13 Å². The molecule has 0 aliphatic heterocycles. The monoisotopic (exact) mass is 308 g/mol. The number of anilines is 1. The normalized spacial score (nSPS) is 11.1. The van der Waals surface area contributed by atoms with Crippen LogP contribution in [0.2, 0.25) is 0 Å². The SMILES string of the molecule is Cc1ccc2nc(NC(=O)c3cc4ccccc4o3)sc2c1. The van der Waals surface area contributed by atoms with Gasteiger partial charge >= 0.3 is 0 Å². The molecule has 1 N–H and O–H groups in total. The molecule has 1 amide bonds. The molecule has 0 aliphatic carbocycles. The third kappa shape index (κ3) is 2.25. The summed E-state index contributed by atoms with van der Waals surface area (Å²) in [5, 5.41) is 4.29. The summed E-state index contributed by atoms with van der Waals surface area (Å²) in [4.78, 5) is 16.7. The maximum atomic E-state index is 12.3. The van der Waals surface area contributed by atoms with Crippen molar-refractivity contribution in [3.8, 4) is 0 Å². The molecule has 4 aromatic rings. The van der Waals surface area contributed by atoms with Crippen LogP contribution in [-0.2, 0) is 0 Å². The highest BCUT2D eigenvalue weighted by atomic mass is 32.1. The number of furan rings is 1. The van der Waals surface area contributed by atoms with Gasteiger partial charge in [-0.3, -0.25) is 10.1 Å². The molecule has 5 heteroatoms. The Morgan fingerprint density at radius 2 is 2.05 bits per heavy atom. The molecule has 0 spiro atoms. The van der Waals surface area contributed by atoms with Crippen molar-refractivity contribution >= 4 is 43.6 Å². The smallest absolute Gasteiger partial charge is 0.293 e. The molecule has 4 nitrogen and oxygen atoms in total. The molecule has 2 heterocycles. The van der Waals surface area contributed by atoms with Crippen molar-refractivity contribution in [3.05, 3.63) is 59.9 Å². The quantitative estimate of drug-likeness (QED) is 0.588. The molecule has 0 bridgehead atoms. The minimum atomic E-state index is -0.285. The fourth-order valence-electron chi connectivity index (χ4n) is 2.34. The van der Waals surface area contributed by atoms with Gasteiger partial charge in [0.1, 0.15) is 5.58 Å². The predicted octanol–water partition coefficient (Wildman–Crippen LogP) is 4.60. The van der Waals surface area contributed by atoms with E-state index in [9.17, 15) is 4.79 Å². The number of para-hydroxylation sites is 1. The zero-order valence-electron chi connectivity index (χ0n) is 11.8. The number of carbonyl (C=O) groups excluding carboxylic acids is 1. The zero-order chi connectivity index (χ0) is 15.1. The van der Waals surface area contributed by atoms with Crippen LogP contribution in [0.25, 0.3) is 21.2 Å². The second kappa shape index (κ2) is 4.96. The van der Waals surface area contributed by atoms with Gasteiger partial charge in [-0.25, -0.2) is 4.98 Å². The molecular weight excluding hydrogens is 296 g/mol. The van der Waals surface area contributed by atoms with Gasteiger partial charge in [-0.15, -0.1) is 0 Å². The molecule has 0 radical (unpaired) electrons. The summed E-state index contributed by atoms with van der Waals surface area (Å²) in [7, 11) is 0. The summed E-state index contributed by atoms with van der Waals surface area (Å²) in [5.74, 6) is 0.00335. The maximum absolute atomic E-state index is 12.3. The van der Waals surface area contributed by atoms with Gasteiger partial charge < -0.3 is 4.42 Å². The van der Waals surface area contributed by atoms with Crippen molar-refractivity contribution < 1.29 is 9.21 Å². The van der Waals surface area contributed by atoms with Crippen molar-refractivity contribution in [1.82, 2.24) is 4.98 Å². The molecule has 0 saturated carbocycles. The Bertz CT molecular complexity index is 967. The molecule has 2 aromatic heterocycles. The zero-order valence-corrected chi connectivity index (χ0v) is 12.6. The summed E-state index contributed by atoms with van der Waals surface area (Å²) in [6, 6.07) is 15.3. The largest absolute Gasteiger partial charge is 0.451 e. The van der Waals surface area contributed by atoms with E-state index in [1.807, 2.05) is 43.3 Å². The highest BCUT2D eigenvalue weighted by Gasteiger charge is 2.14. The van der Waals surface area contributed by atoms with E-state index in [4.69, 9.17) is 4.42 Å². The van der Waals surface area contributed by atoms with Crippen LogP contribution < -0.4 is 5.32 Å². The molecule has 4 rings (SSSR count). The van der Waals surface area contributed by atoms with Gasteiger partial charge in [-0.2, -0.15) is 0 Å². The standard InChI is InChI=1S/C17H12N2O2S/c1-10-6-7-12-15(8-10)22-17(18-12)19-16(20)14-9-11-4-2-3-5-13(11)21-14/h2-9H,1H3,(H,18,19,20). The summed E-state index contributed by atoms with van der Waals surface area (Å²) in [6.45, 7) is 2.03. The number of carbonyl (C=O) groups is 1. The summed E-state index contributed by atoms with van der Waals surface area (Å²) in [6.07, 6.45) is 0. The highest BCUT2D eigenvalue weighted by Crippen LogP contribution is 2.27. The lowest BCUT2D eigenvalue weighted by atomic mass is 10.2. The van der Waals surface area contributed by atoms with Gasteiger partial charge in [-0.05, 0) is 36.8 Å². The van der Waals surface area contributed by atoms with Crippen LogP contribution in [0.5, 0.6) is 0 Å². The number of hydrogen-bond acceptors (Lipinski definition) is 4. The first kappa shape index (κ1) is 13.0. The number of thiazole rings is 1. The number of aryl methyl sites for hydroxylation is 1. The van der Waals surface area contributed by atoms with Crippen LogP contribution in [-0.4, -0.2) is 10.9 Å². The minimum absolute atomic E-state index is 0.285. The highest BCUT2D eigenvalue weighted by molar-refractivity contribution is 7.22. The summed E-state index contributed by atoms with van der Waals surface area (Å²) in [5.41, 5.74) is 2.76. The van der Waals surface area contributed by atoms with Gasteiger partial charge in [0.05, 0.1) is 10.2 Å². The Hall–Kier alpha value is -2.66. The van der Waals surface area contributed by atoms with E-state index in [1.165, 1.54) is 16.9 Å². The predicted molar refractivity (Wildman–Crippen MR) is 88.5 cm³/mol. The van der Waals surface area contributed by atoms with Gasteiger partial charge in [-0.1, -0.05) is 35.6 Å². The fourth-order valence-corrected chi connectivity index (χ4v) is 3.30. The van der Waals surface area contributed by atoms with E-state index < -0.39 is 0 Å². The molecule has 108 valence electrons. The lowest BCUT2D eigenvalue weighted by Gasteiger charge is -1.96. The Morgan fingerprint density at radius 1 is 1.18 bits per heavy atom. The Kier molecular flexibility index (Phi) is 2.94. The second-order valence-electron chi connectivity index (χ2n) is 5.09. The number of hydrogen-bond donors (Lipinski definition) is 1. The number of benzene rings is 2. The van der Waals surface area contributed by atoms with Crippen LogP contribution in [0, 0.1) is 6.92 Å². The number of amides is 1. The number of aromatic nitrogens is 1. The molecule has 22 heavy (non-hydrogen) atoms. The molecule has 0 aliphatic rings. The van der Waals surface area contributed by atoms with Gasteiger partial charge in [0.15, 0.2) is 10.9 Å². The van der Waals surface area contributed by atoms with Gasteiger partial charge in [0.2, 0.25) is 0 Å². The molecule has 0 atom stereocenters. The van der Waals surface area contributed by atoms with E-state index in [0.29, 0.717) is 10.7 Å². The van der Waals surface area contributed by atoms with Crippen molar-refractivity contribution in [2.75, 3.05) is 5.32 Å². The van der Waals surface area contributed by atoms with Crippen molar-refractivity contribution in [3.63, 3.8) is 0 Å². The number of nitrogens with zero attached hydrogens (tertiary/aromatic N) is 1. The number of fused-ring (bicyclic) bond motifs is 2. The van der Waals surface area contributed by atoms with Crippen LogP contribution in [0.15, 0.2) is 52.9 Å². The average Bonchev–Trinajstić information content (AvgIpc) is 3.09. The van der Waals surface area contributed by atoms with Crippen LogP contribution >= 0.6 is 11.3 Å². The van der Waals surface area contributed by atoms with E-state index in [1.54, 1.807) is 6.07 Å². The van der Waals surface area contributed by atoms with Crippen LogP contribution in [0.3, 0.4) is 0 Å².